The van der Waals surface area contributed by atoms with E-state index in [0.29, 0.717) is 10.3 Å². The summed E-state index contributed by atoms with van der Waals surface area (Å²) < 4.78 is 15.1. The number of nitrogens with zero attached hydrogens (tertiary/aromatic N) is 3. The topological polar surface area (TPSA) is 30.7 Å². The van der Waals surface area contributed by atoms with Crippen molar-refractivity contribution < 1.29 is 4.39 Å². The van der Waals surface area contributed by atoms with Gasteiger partial charge in [-0.3, -0.25) is 4.98 Å². The van der Waals surface area contributed by atoms with E-state index >= 15 is 0 Å². The fraction of sp³-hybridized carbons (Fsp3) is 0. The average Bonchev–Trinajstić information content (AvgIpc) is 2.52. The molecule has 0 radical (unpaired) electrons. The van der Waals surface area contributed by atoms with Crippen molar-refractivity contribution in [3.8, 4) is 5.69 Å². The van der Waals surface area contributed by atoms with Gasteiger partial charge in [-0.2, -0.15) is 0 Å². The van der Waals surface area contributed by atoms with Gasteiger partial charge in [0.2, 0.25) is 0 Å². The maximum atomic E-state index is 12.8. The van der Waals surface area contributed by atoms with Crippen LogP contribution in [-0.2, 0) is 0 Å². The van der Waals surface area contributed by atoms with Crippen LogP contribution in [0.25, 0.3) is 5.69 Å². The third kappa shape index (κ3) is 1.75. The molecular weight excluding hydrogens is 237 g/mol. The maximum absolute atomic E-state index is 12.8. The second-order valence-electron chi connectivity index (χ2n) is 2.47. The highest BCUT2D eigenvalue weighted by atomic mass is 79.9. The molecule has 13 heavy (non-hydrogen) atoms. The van der Waals surface area contributed by atoms with Gasteiger partial charge in [0.25, 0.3) is 0 Å². The summed E-state index contributed by atoms with van der Waals surface area (Å²) >= 11 is 3.20. The molecule has 0 amide bonds. The summed E-state index contributed by atoms with van der Waals surface area (Å²) in [6.07, 6.45) is 6.05. The van der Waals surface area contributed by atoms with Crippen molar-refractivity contribution in [3.63, 3.8) is 0 Å². The molecule has 2 rings (SSSR count). The van der Waals surface area contributed by atoms with Crippen molar-refractivity contribution in [2.75, 3.05) is 0 Å². The molecule has 5 heteroatoms. The van der Waals surface area contributed by atoms with Crippen LogP contribution in [0.3, 0.4) is 0 Å². The fourth-order valence-electron chi connectivity index (χ4n) is 0.982. The predicted molar refractivity (Wildman–Crippen MR) is 49.0 cm³/mol. The van der Waals surface area contributed by atoms with E-state index in [9.17, 15) is 4.39 Å². The minimum Gasteiger partial charge on any atom is -0.303 e. The van der Waals surface area contributed by atoms with Gasteiger partial charge >= 0.3 is 0 Å². The second-order valence-corrected chi connectivity index (χ2v) is 3.28. The van der Waals surface area contributed by atoms with Crippen LogP contribution in [0.4, 0.5) is 4.39 Å². The van der Waals surface area contributed by atoms with Crippen LogP contribution in [-0.4, -0.2) is 14.5 Å². The summed E-state index contributed by atoms with van der Waals surface area (Å²) in [6, 6.07) is 1.39. The monoisotopic (exact) mass is 241 g/mol. The summed E-state index contributed by atoms with van der Waals surface area (Å²) in [5.74, 6) is -0.359. The van der Waals surface area contributed by atoms with E-state index in [0.717, 1.165) is 6.20 Å². The molecule has 2 aromatic heterocycles. The highest BCUT2D eigenvalue weighted by molar-refractivity contribution is 9.10. The fourth-order valence-corrected chi connectivity index (χ4v) is 1.29. The number of hydrogen-bond acceptors (Lipinski definition) is 2. The van der Waals surface area contributed by atoms with Crippen LogP contribution in [0.1, 0.15) is 0 Å². The van der Waals surface area contributed by atoms with Gasteiger partial charge in [0.1, 0.15) is 16.7 Å². The summed E-state index contributed by atoms with van der Waals surface area (Å²) in [6.45, 7) is 0. The van der Waals surface area contributed by atoms with E-state index < -0.39 is 0 Å². The van der Waals surface area contributed by atoms with Crippen molar-refractivity contribution in [2.45, 2.75) is 0 Å². The third-order valence-electron chi connectivity index (χ3n) is 1.54. The molecule has 0 aliphatic heterocycles. The van der Waals surface area contributed by atoms with E-state index in [2.05, 4.69) is 25.9 Å². The predicted octanol–water partition coefficient (Wildman–Crippen LogP) is 2.17. The molecule has 2 aromatic rings. The van der Waals surface area contributed by atoms with Crippen LogP contribution in [0.5, 0.6) is 0 Å². The molecule has 66 valence electrons. The maximum Gasteiger partial charge on any atom is 0.143 e. The molecular formula is C8H5BrFN3. The minimum atomic E-state index is -0.359. The quantitative estimate of drug-likeness (QED) is 0.767. The van der Waals surface area contributed by atoms with E-state index in [1.807, 2.05) is 0 Å². The summed E-state index contributed by atoms with van der Waals surface area (Å²) in [4.78, 5) is 7.68. The molecule has 0 saturated carbocycles. The van der Waals surface area contributed by atoms with Gasteiger partial charge in [-0.25, -0.2) is 9.37 Å². The Bertz CT molecular complexity index is 427. The molecule has 3 nitrogen and oxygen atoms in total. The van der Waals surface area contributed by atoms with Crippen LogP contribution < -0.4 is 0 Å². The average molecular weight is 242 g/mol. The lowest BCUT2D eigenvalue weighted by Gasteiger charge is -1.99. The molecule has 0 aliphatic rings. The van der Waals surface area contributed by atoms with Gasteiger partial charge in [0, 0.05) is 12.3 Å². The lowest BCUT2D eigenvalue weighted by Crippen LogP contribution is -1.91. The standard InChI is InChI=1S/C8H5BrFN3/c9-8-4-13(5-12-8)7-1-6(10)2-11-3-7/h1-5H. The lowest BCUT2D eigenvalue weighted by molar-refractivity contribution is 0.620. The van der Waals surface area contributed by atoms with Gasteiger partial charge in [-0.1, -0.05) is 0 Å². The number of rotatable bonds is 1. The first kappa shape index (κ1) is 8.37. The first-order valence-electron chi connectivity index (χ1n) is 3.56. The van der Waals surface area contributed by atoms with Gasteiger partial charge < -0.3 is 4.57 Å². The Morgan fingerprint density at radius 1 is 1.38 bits per heavy atom. The number of halogens is 2. The molecule has 0 spiro atoms. The third-order valence-corrected chi connectivity index (χ3v) is 1.95. The molecule has 0 atom stereocenters. The van der Waals surface area contributed by atoms with E-state index in [1.54, 1.807) is 23.3 Å². The molecule has 0 unspecified atom stereocenters. The van der Waals surface area contributed by atoms with E-state index in [4.69, 9.17) is 0 Å². The summed E-state index contributed by atoms with van der Waals surface area (Å²) in [7, 11) is 0. The van der Waals surface area contributed by atoms with Crippen molar-refractivity contribution in [2.24, 2.45) is 0 Å². The highest BCUT2D eigenvalue weighted by Gasteiger charge is 1.99. The Morgan fingerprint density at radius 3 is 2.85 bits per heavy atom. The Hall–Kier alpha value is -1.23. The second kappa shape index (κ2) is 3.26. The molecule has 0 N–H and O–H groups in total. The number of pyridine rings is 1. The minimum absolute atomic E-state index is 0.359. The van der Waals surface area contributed by atoms with Crippen molar-refractivity contribution in [1.29, 1.82) is 0 Å². The summed E-state index contributed by atoms with van der Waals surface area (Å²) in [5.41, 5.74) is 0.651. The van der Waals surface area contributed by atoms with Crippen molar-refractivity contribution in [1.82, 2.24) is 14.5 Å². The Labute approximate surface area is 82.4 Å². The van der Waals surface area contributed by atoms with Gasteiger partial charge in [-0.05, 0) is 15.9 Å². The first-order chi connectivity index (χ1) is 6.25. The Kier molecular flexibility index (Phi) is 2.10. The van der Waals surface area contributed by atoms with Crippen molar-refractivity contribution >= 4 is 15.9 Å². The van der Waals surface area contributed by atoms with Crippen LogP contribution in [0.15, 0.2) is 35.6 Å². The zero-order valence-electron chi connectivity index (χ0n) is 6.48. The largest absolute Gasteiger partial charge is 0.303 e. The van der Waals surface area contributed by atoms with Gasteiger partial charge in [-0.15, -0.1) is 0 Å². The van der Waals surface area contributed by atoms with E-state index in [1.165, 1.54) is 6.07 Å². The highest BCUT2D eigenvalue weighted by Crippen LogP contribution is 2.11. The number of imidazole rings is 1. The zero-order valence-corrected chi connectivity index (χ0v) is 8.07. The van der Waals surface area contributed by atoms with E-state index in [-0.39, 0.29) is 5.82 Å². The van der Waals surface area contributed by atoms with Crippen LogP contribution in [0.2, 0.25) is 0 Å². The van der Waals surface area contributed by atoms with Crippen molar-refractivity contribution in [3.05, 3.63) is 41.4 Å². The van der Waals surface area contributed by atoms with Crippen LogP contribution in [0, 0.1) is 5.82 Å². The lowest BCUT2D eigenvalue weighted by atomic mass is 10.4. The molecule has 0 bridgehead atoms. The molecule has 2 heterocycles. The molecule has 0 aliphatic carbocycles. The molecule has 0 aromatic carbocycles. The molecule has 0 fully saturated rings. The molecule has 0 saturated heterocycles. The van der Waals surface area contributed by atoms with Crippen LogP contribution >= 0.6 is 15.9 Å². The Balaban J connectivity index is 2.46. The normalized spacial score (nSPS) is 10.3. The zero-order chi connectivity index (χ0) is 9.26. The number of hydrogen-bond donors (Lipinski definition) is 0. The first-order valence-corrected chi connectivity index (χ1v) is 4.35. The smallest absolute Gasteiger partial charge is 0.143 e. The number of aromatic nitrogens is 3. The summed E-state index contributed by atoms with van der Waals surface area (Å²) in [5, 5.41) is 0. The Morgan fingerprint density at radius 2 is 2.23 bits per heavy atom. The SMILES string of the molecule is Fc1cncc(-n2cnc(Br)c2)c1. The van der Waals surface area contributed by atoms with Gasteiger partial charge in [0.15, 0.2) is 0 Å². The van der Waals surface area contributed by atoms with Gasteiger partial charge in [0.05, 0.1) is 18.1 Å².